The molecule has 3 rings (SSSR count). The Kier molecular flexibility index (Phi) is 5.97. The number of hydrogen-bond acceptors (Lipinski definition) is 4. The van der Waals surface area contributed by atoms with Crippen LogP contribution in [0.2, 0.25) is 0 Å². The number of Topliss-reactive ketones (excluding diaryl/α,β-unsaturated/α-hetero) is 1. The van der Waals surface area contributed by atoms with Gasteiger partial charge in [0, 0.05) is 25.6 Å². The van der Waals surface area contributed by atoms with Crippen LogP contribution in [0.1, 0.15) is 47.7 Å². The lowest BCUT2D eigenvalue weighted by Gasteiger charge is -2.18. The summed E-state index contributed by atoms with van der Waals surface area (Å²) in [6.45, 7) is 4.54. The molecule has 0 heterocycles. The normalized spacial score (nSPS) is 15.3. The van der Waals surface area contributed by atoms with Gasteiger partial charge in [-0.3, -0.25) is 9.59 Å². The van der Waals surface area contributed by atoms with E-state index in [4.69, 9.17) is 9.47 Å². The van der Waals surface area contributed by atoms with Crippen molar-refractivity contribution in [3.63, 3.8) is 0 Å². The van der Waals surface area contributed by atoms with Crippen molar-refractivity contribution in [2.24, 2.45) is 0 Å². The number of nitrogens with zero attached hydrogens (tertiary/aromatic N) is 1. The fourth-order valence-electron chi connectivity index (χ4n) is 3.42. The number of carbonyl (C=O) groups excluding carboxylic acids is 2. The molecule has 6 heteroatoms. The van der Waals surface area contributed by atoms with E-state index in [-0.39, 0.29) is 41.9 Å². The molecule has 5 nitrogen and oxygen atoms in total. The highest BCUT2D eigenvalue weighted by Gasteiger charge is 2.32. The first kappa shape index (κ1) is 19.9. The van der Waals surface area contributed by atoms with Crippen LogP contribution in [0.25, 0.3) is 0 Å². The van der Waals surface area contributed by atoms with Gasteiger partial charge in [-0.05, 0) is 42.7 Å². The predicted octanol–water partition coefficient (Wildman–Crippen LogP) is 3.95. The van der Waals surface area contributed by atoms with Crippen molar-refractivity contribution in [3.05, 3.63) is 58.9 Å². The van der Waals surface area contributed by atoms with Crippen molar-refractivity contribution < 1.29 is 23.5 Å². The maximum atomic E-state index is 14.0. The molecule has 0 aliphatic heterocycles. The summed E-state index contributed by atoms with van der Waals surface area (Å²) in [5, 5.41) is 0. The van der Waals surface area contributed by atoms with E-state index >= 15 is 0 Å². The third kappa shape index (κ3) is 4.16. The molecule has 28 heavy (non-hydrogen) atoms. The van der Waals surface area contributed by atoms with E-state index in [0.717, 1.165) is 11.3 Å². The molecular formula is C22H24FNO4. The second-order valence-electron chi connectivity index (χ2n) is 6.98. The lowest BCUT2D eigenvalue weighted by Crippen LogP contribution is -2.31. The van der Waals surface area contributed by atoms with Gasteiger partial charge in [0.1, 0.15) is 17.3 Å². The van der Waals surface area contributed by atoms with Gasteiger partial charge in [-0.2, -0.15) is 0 Å². The second-order valence-corrected chi connectivity index (χ2v) is 6.98. The van der Waals surface area contributed by atoms with Crippen molar-refractivity contribution in [1.82, 2.24) is 4.90 Å². The van der Waals surface area contributed by atoms with E-state index in [1.165, 1.54) is 12.1 Å². The largest absolute Gasteiger partial charge is 0.494 e. The quantitative estimate of drug-likeness (QED) is 0.724. The van der Waals surface area contributed by atoms with E-state index in [2.05, 4.69) is 0 Å². The number of benzene rings is 2. The summed E-state index contributed by atoms with van der Waals surface area (Å²) in [7, 11) is 1.68. The van der Waals surface area contributed by atoms with Crippen LogP contribution in [-0.2, 0) is 11.3 Å². The molecule has 0 spiro atoms. The maximum absolute atomic E-state index is 14.0. The Balaban J connectivity index is 1.62. The third-order valence-electron chi connectivity index (χ3n) is 4.85. The number of ketones is 1. The van der Waals surface area contributed by atoms with Gasteiger partial charge < -0.3 is 14.4 Å². The molecule has 148 valence electrons. The van der Waals surface area contributed by atoms with Gasteiger partial charge in [0.25, 0.3) is 5.91 Å². The Morgan fingerprint density at radius 3 is 2.57 bits per heavy atom. The maximum Gasteiger partial charge on any atom is 0.260 e. The van der Waals surface area contributed by atoms with Crippen LogP contribution >= 0.6 is 0 Å². The van der Waals surface area contributed by atoms with E-state index < -0.39 is 5.82 Å². The predicted molar refractivity (Wildman–Crippen MR) is 103 cm³/mol. The first-order valence-electron chi connectivity index (χ1n) is 9.34. The van der Waals surface area contributed by atoms with Crippen molar-refractivity contribution in [2.75, 3.05) is 20.3 Å². The highest BCUT2D eigenvalue weighted by atomic mass is 19.1. The van der Waals surface area contributed by atoms with E-state index in [1.54, 1.807) is 11.9 Å². The molecule has 0 saturated heterocycles. The van der Waals surface area contributed by atoms with Crippen LogP contribution in [0, 0.1) is 5.82 Å². The van der Waals surface area contributed by atoms with E-state index in [0.29, 0.717) is 18.7 Å². The third-order valence-corrected chi connectivity index (χ3v) is 4.85. The summed E-state index contributed by atoms with van der Waals surface area (Å²) in [6, 6.07) is 10.2. The van der Waals surface area contributed by atoms with Gasteiger partial charge in [-0.1, -0.05) is 19.1 Å². The number of carbonyl (C=O) groups is 2. The summed E-state index contributed by atoms with van der Waals surface area (Å²) in [5.41, 5.74) is 1.62. The molecular weight excluding hydrogens is 361 g/mol. The van der Waals surface area contributed by atoms with Crippen LogP contribution in [0.5, 0.6) is 11.5 Å². The molecule has 2 aromatic rings. The second kappa shape index (κ2) is 8.42. The van der Waals surface area contributed by atoms with Gasteiger partial charge in [0.2, 0.25) is 0 Å². The molecule has 0 fully saturated rings. The fourth-order valence-corrected chi connectivity index (χ4v) is 3.42. The Morgan fingerprint density at radius 2 is 1.89 bits per heavy atom. The van der Waals surface area contributed by atoms with Crippen molar-refractivity contribution in [1.29, 1.82) is 0 Å². The number of ether oxygens (including phenoxy) is 2. The Morgan fingerprint density at radius 1 is 1.18 bits per heavy atom. The molecule has 2 aromatic carbocycles. The van der Waals surface area contributed by atoms with Crippen molar-refractivity contribution in [2.45, 2.75) is 32.7 Å². The van der Waals surface area contributed by atoms with Crippen LogP contribution in [-0.4, -0.2) is 36.9 Å². The van der Waals surface area contributed by atoms with Crippen molar-refractivity contribution in [3.8, 4) is 11.5 Å². The minimum absolute atomic E-state index is 0.146. The van der Waals surface area contributed by atoms with Gasteiger partial charge >= 0.3 is 0 Å². The molecule has 1 aliphatic carbocycles. The molecule has 1 amide bonds. The first-order chi connectivity index (χ1) is 13.4. The monoisotopic (exact) mass is 385 g/mol. The topological polar surface area (TPSA) is 55.8 Å². The van der Waals surface area contributed by atoms with Gasteiger partial charge in [-0.25, -0.2) is 4.39 Å². The minimum atomic E-state index is -0.403. The zero-order chi connectivity index (χ0) is 20.3. The Labute approximate surface area is 164 Å². The average molecular weight is 385 g/mol. The van der Waals surface area contributed by atoms with E-state index in [1.807, 2.05) is 38.1 Å². The Hall–Kier alpha value is -2.89. The summed E-state index contributed by atoms with van der Waals surface area (Å²) in [6.07, 6.45) is 0.262. The Bertz CT molecular complexity index is 879. The zero-order valence-corrected chi connectivity index (χ0v) is 16.3. The van der Waals surface area contributed by atoms with Crippen LogP contribution in [0.15, 0.2) is 36.4 Å². The lowest BCUT2D eigenvalue weighted by molar-refractivity contribution is -0.132. The number of likely N-dealkylation sites (N-methyl/N-ethyl adjacent to an activating group) is 1. The highest BCUT2D eigenvalue weighted by Crippen LogP contribution is 2.39. The lowest BCUT2D eigenvalue weighted by atomic mass is 10.0. The molecule has 1 atom stereocenters. The molecule has 0 bridgehead atoms. The summed E-state index contributed by atoms with van der Waals surface area (Å²) >= 11 is 0. The minimum Gasteiger partial charge on any atom is -0.494 e. The first-order valence-corrected chi connectivity index (χ1v) is 9.34. The summed E-state index contributed by atoms with van der Waals surface area (Å²) in [5.74, 6) is 0.0996. The smallest absolute Gasteiger partial charge is 0.260 e. The van der Waals surface area contributed by atoms with Crippen LogP contribution in [0.4, 0.5) is 4.39 Å². The molecule has 1 aliphatic rings. The van der Waals surface area contributed by atoms with Crippen molar-refractivity contribution >= 4 is 11.7 Å². The SMILES string of the molecule is CCOc1ccc(CN(C)C(=O)COc2ccc(F)c3c2C(=O)CC3C)cc1. The highest BCUT2D eigenvalue weighted by molar-refractivity contribution is 6.03. The number of hydrogen-bond donors (Lipinski definition) is 0. The molecule has 0 saturated carbocycles. The number of rotatable bonds is 7. The number of fused-ring (bicyclic) bond motifs is 1. The van der Waals surface area contributed by atoms with Gasteiger partial charge in [0.15, 0.2) is 12.4 Å². The summed E-state index contributed by atoms with van der Waals surface area (Å²) in [4.78, 5) is 26.2. The standard InChI is InChI=1S/C22H24FNO4/c1-4-27-16-7-5-15(6-8-16)12-24(3)20(26)13-28-19-10-9-17(23)21-14(2)11-18(25)22(19)21/h5-10,14H,4,11-13H2,1-3H3. The van der Waals surface area contributed by atoms with E-state index in [9.17, 15) is 14.0 Å². The molecule has 1 unspecified atom stereocenters. The summed E-state index contributed by atoms with van der Waals surface area (Å²) < 4.78 is 25.1. The zero-order valence-electron chi connectivity index (χ0n) is 16.3. The molecule has 0 N–H and O–H groups in total. The van der Waals surface area contributed by atoms with Crippen LogP contribution in [0.3, 0.4) is 0 Å². The average Bonchev–Trinajstić information content (AvgIpc) is 2.98. The number of halogens is 1. The van der Waals surface area contributed by atoms with Gasteiger partial charge in [0.05, 0.1) is 12.2 Å². The fraction of sp³-hybridized carbons (Fsp3) is 0.364. The molecule has 0 radical (unpaired) electrons. The molecule has 0 aromatic heterocycles. The van der Waals surface area contributed by atoms with Crippen LogP contribution < -0.4 is 9.47 Å². The van der Waals surface area contributed by atoms with Gasteiger partial charge in [-0.15, -0.1) is 0 Å². The number of amides is 1.